The summed E-state index contributed by atoms with van der Waals surface area (Å²) in [5.74, 6) is 1.06. The zero-order chi connectivity index (χ0) is 16.2. The lowest BCUT2D eigenvalue weighted by molar-refractivity contribution is -0.129. The second-order valence-corrected chi connectivity index (χ2v) is 6.10. The van der Waals surface area contributed by atoms with E-state index in [0.717, 1.165) is 21.5 Å². The smallest absolute Gasteiger partial charge is 0.253 e. The third-order valence-corrected chi connectivity index (χ3v) is 4.11. The van der Waals surface area contributed by atoms with Crippen LogP contribution in [0.1, 0.15) is 17.2 Å². The van der Waals surface area contributed by atoms with E-state index in [-0.39, 0.29) is 6.79 Å². The van der Waals surface area contributed by atoms with E-state index < -0.39 is 12.0 Å². The van der Waals surface area contributed by atoms with Crippen LogP contribution in [-0.4, -0.2) is 24.4 Å². The van der Waals surface area contributed by atoms with Gasteiger partial charge in [0.15, 0.2) is 17.6 Å². The molecule has 0 saturated heterocycles. The standard InChI is InChI=1S/C17H16BrNO4/c18-13-4-2-12(3-5-13)16(20)17(21)19-8-7-11-1-6-14-15(9-11)23-10-22-14/h1-6,9,16,20H,7-8,10H2,(H,19,21)/t16-/m1/s1. The number of carbonyl (C=O) groups excluding carboxylic acids is 1. The van der Waals surface area contributed by atoms with Crippen LogP contribution in [0, 0.1) is 0 Å². The minimum absolute atomic E-state index is 0.245. The van der Waals surface area contributed by atoms with Crippen LogP contribution >= 0.6 is 15.9 Å². The summed E-state index contributed by atoms with van der Waals surface area (Å²) in [7, 11) is 0. The second-order valence-electron chi connectivity index (χ2n) is 5.18. The predicted molar refractivity (Wildman–Crippen MR) is 88.4 cm³/mol. The highest BCUT2D eigenvalue weighted by atomic mass is 79.9. The van der Waals surface area contributed by atoms with Crippen molar-refractivity contribution in [2.45, 2.75) is 12.5 Å². The first-order chi connectivity index (χ1) is 11.1. The van der Waals surface area contributed by atoms with Crippen molar-refractivity contribution < 1.29 is 19.4 Å². The summed E-state index contributed by atoms with van der Waals surface area (Å²) < 4.78 is 11.5. The molecule has 6 heteroatoms. The van der Waals surface area contributed by atoms with Gasteiger partial charge >= 0.3 is 0 Å². The Bertz CT molecular complexity index is 702. The quantitative estimate of drug-likeness (QED) is 0.840. The lowest BCUT2D eigenvalue weighted by atomic mass is 10.1. The Balaban J connectivity index is 1.52. The van der Waals surface area contributed by atoms with Crippen LogP contribution in [0.2, 0.25) is 0 Å². The number of carbonyl (C=O) groups is 1. The Labute approximate surface area is 142 Å². The summed E-state index contributed by atoms with van der Waals surface area (Å²) in [4.78, 5) is 12.0. The number of nitrogens with one attached hydrogen (secondary N) is 1. The fraction of sp³-hybridized carbons (Fsp3) is 0.235. The van der Waals surface area contributed by atoms with Crippen molar-refractivity contribution in [3.05, 3.63) is 58.1 Å². The molecular formula is C17H16BrNO4. The van der Waals surface area contributed by atoms with Gasteiger partial charge in [-0.2, -0.15) is 0 Å². The van der Waals surface area contributed by atoms with Crippen LogP contribution < -0.4 is 14.8 Å². The molecule has 1 amide bonds. The fourth-order valence-electron chi connectivity index (χ4n) is 2.32. The zero-order valence-corrected chi connectivity index (χ0v) is 13.9. The van der Waals surface area contributed by atoms with Crippen LogP contribution in [0.4, 0.5) is 0 Å². The van der Waals surface area contributed by atoms with Gasteiger partial charge in [-0.05, 0) is 41.8 Å². The fourth-order valence-corrected chi connectivity index (χ4v) is 2.58. The van der Waals surface area contributed by atoms with Crippen molar-refractivity contribution >= 4 is 21.8 Å². The number of aliphatic hydroxyl groups is 1. The van der Waals surface area contributed by atoms with Gasteiger partial charge in [0, 0.05) is 11.0 Å². The van der Waals surface area contributed by atoms with Crippen molar-refractivity contribution in [2.75, 3.05) is 13.3 Å². The molecule has 0 bridgehead atoms. The molecule has 1 aliphatic heterocycles. The summed E-state index contributed by atoms with van der Waals surface area (Å²) in [5, 5.41) is 12.8. The Hall–Kier alpha value is -2.05. The van der Waals surface area contributed by atoms with E-state index in [1.165, 1.54) is 0 Å². The zero-order valence-electron chi connectivity index (χ0n) is 12.3. The Kier molecular flexibility index (Phi) is 4.83. The highest BCUT2D eigenvalue weighted by Gasteiger charge is 2.17. The number of rotatable bonds is 5. The molecule has 0 aliphatic carbocycles. The third kappa shape index (κ3) is 3.83. The van der Waals surface area contributed by atoms with Gasteiger partial charge < -0.3 is 19.9 Å². The van der Waals surface area contributed by atoms with E-state index in [1.807, 2.05) is 18.2 Å². The summed E-state index contributed by atoms with van der Waals surface area (Å²) in [6.07, 6.45) is -0.519. The van der Waals surface area contributed by atoms with Gasteiger partial charge in [0.25, 0.3) is 5.91 Å². The van der Waals surface area contributed by atoms with E-state index in [4.69, 9.17) is 9.47 Å². The Morgan fingerprint density at radius 3 is 2.70 bits per heavy atom. The van der Waals surface area contributed by atoms with Crippen LogP contribution in [0.5, 0.6) is 11.5 Å². The molecular weight excluding hydrogens is 362 g/mol. The maximum absolute atomic E-state index is 12.0. The van der Waals surface area contributed by atoms with E-state index >= 15 is 0 Å². The molecule has 0 fully saturated rings. The van der Waals surface area contributed by atoms with Gasteiger partial charge in [-0.25, -0.2) is 0 Å². The monoisotopic (exact) mass is 377 g/mol. The number of fused-ring (bicyclic) bond motifs is 1. The molecule has 5 nitrogen and oxygen atoms in total. The Morgan fingerprint density at radius 2 is 1.91 bits per heavy atom. The molecule has 0 spiro atoms. The first kappa shape index (κ1) is 15.8. The molecule has 2 N–H and O–H groups in total. The molecule has 0 radical (unpaired) electrons. The van der Waals surface area contributed by atoms with Crippen LogP contribution in [0.25, 0.3) is 0 Å². The third-order valence-electron chi connectivity index (χ3n) is 3.58. The van der Waals surface area contributed by atoms with E-state index in [0.29, 0.717) is 18.5 Å². The highest BCUT2D eigenvalue weighted by Crippen LogP contribution is 2.32. The van der Waals surface area contributed by atoms with Crippen LogP contribution in [0.15, 0.2) is 46.9 Å². The first-order valence-electron chi connectivity index (χ1n) is 7.23. The molecule has 1 aliphatic rings. The summed E-state index contributed by atoms with van der Waals surface area (Å²) >= 11 is 3.32. The SMILES string of the molecule is O=C(NCCc1ccc2c(c1)OCO2)[C@H](O)c1ccc(Br)cc1. The molecule has 0 saturated carbocycles. The lowest BCUT2D eigenvalue weighted by Crippen LogP contribution is -2.30. The average Bonchev–Trinajstić information content (AvgIpc) is 3.02. The molecule has 2 aromatic carbocycles. The van der Waals surface area contributed by atoms with Gasteiger partial charge in [0.05, 0.1) is 0 Å². The van der Waals surface area contributed by atoms with Crippen LogP contribution in [0.3, 0.4) is 0 Å². The number of hydrogen-bond donors (Lipinski definition) is 2. The molecule has 120 valence electrons. The molecule has 0 aromatic heterocycles. The number of ether oxygens (including phenoxy) is 2. The summed E-state index contributed by atoms with van der Waals surface area (Å²) in [6.45, 7) is 0.682. The lowest BCUT2D eigenvalue weighted by Gasteiger charge is -2.12. The van der Waals surface area contributed by atoms with Crippen molar-refractivity contribution in [1.82, 2.24) is 5.32 Å². The minimum atomic E-state index is -1.17. The van der Waals surface area contributed by atoms with Gasteiger partial charge in [0.2, 0.25) is 6.79 Å². The maximum atomic E-state index is 12.0. The number of amides is 1. The van der Waals surface area contributed by atoms with E-state index in [9.17, 15) is 9.90 Å². The van der Waals surface area contributed by atoms with E-state index in [2.05, 4.69) is 21.2 Å². The topological polar surface area (TPSA) is 67.8 Å². The second kappa shape index (κ2) is 7.02. The van der Waals surface area contributed by atoms with Crippen molar-refractivity contribution in [3.8, 4) is 11.5 Å². The predicted octanol–water partition coefficient (Wildman–Crippen LogP) is 2.57. The van der Waals surface area contributed by atoms with Gasteiger partial charge in [-0.15, -0.1) is 0 Å². The molecule has 3 rings (SSSR count). The minimum Gasteiger partial charge on any atom is -0.454 e. The van der Waals surface area contributed by atoms with Gasteiger partial charge in [-0.3, -0.25) is 4.79 Å². The van der Waals surface area contributed by atoms with Gasteiger partial charge in [0.1, 0.15) is 0 Å². The van der Waals surface area contributed by atoms with Crippen LogP contribution in [-0.2, 0) is 11.2 Å². The highest BCUT2D eigenvalue weighted by molar-refractivity contribution is 9.10. The number of benzene rings is 2. The average molecular weight is 378 g/mol. The van der Waals surface area contributed by atoms with Crippen molar-refractivity contribution in [2.24, 2.45) is 0 Å². The molecule has 1 heterocycles. The first-order valence-corrected chi connectivity index (χ1v) is 8.02. The summed E-state index contributed by atoms with van der Waals surface area (Å²) in [5.41, 5.74) is 1.60. The number of aliphatic hydroxyl groups excluding tert-OH is 1. The van der Waals surface area contributed by atoms with Gasteiger partial charge in [-0.1, -0.05) is 34.1 Å². The molecule has 2 aromatic rings. The number of halogens is 1. The normalized spacial score (nSPS) is 13.7. The summed E-state index contributed by atoms with van der Waals surface area (Å²) in [6, 6.07) is 12.7. The van der Waals surface area contributed by atoms with Crippen molar-refractivity contribution in [3.63, 3.8) is 0 Å². The number of hydrogen-bond acceptors (Lipinski definition) is 4. The Morgan fingerprint density at radius 1 is 1.17 bits per heavy atom. The van der Waals surface area contributed by atoms with Crippen molar-refractivity contribution in [1.29, 1.82) is 0 Å². The van der Waals surface area contributed by atoms with E-state index in [1.54, 1.807) is 24.3 Å². The molecule has 23 heavy (non-hydrogen) atoms. The molecule has 0 unspecified atom stereocenters. The molecule has 1 atom stereocenters. The largest absolute Gasteiger partial charge is 0.454 e. The maximum Gasteiger partial charge on any atom is 0.253 e.